The summed E-state index contributed by atoms with van der Waals surface area (Å²) in [7, 11) is -3.90. The Labute approximate surface area is 179 Å². The van der Waals surface area contributed by atoms with Crippen molar-refractivity contribution in [2.24, 2.45) is 0 Å². The number of sulfonamides is 1. The molecule has 0 saturated heterocycles. The molecule has 0 aliphatic rings. The zero-order chi connectivity index (χ0) is 21.7. The molecule has 2 N–H and O–H groups in total. The molecule has 1 aromatic heterocycles. The van der Waals surface area contributed by atoms with Crippen molar-refractivity contribution in [1.82, 2.24) is 14.9 Å². The highest BCUT2D eigenvalue weighted by atomic mass is 32.2. The molecule has 3 rings (SSSR count). The number of benzene rings is 2. The average molecular weight is 447 g/mol. The minimum atomic E-state index is -3.90. The van der Waals surface area contributed by atoms with Gasteiger partial charge in [-0.1, -0.05) is 47.2 Å². The van der Waals surface area contributed by atoms with Crippen LogP contribution in [-0.2, 0) is 10.0 Å². The third kappa shape index (κ3) is 5.62. The van der Waals surface area contributed by atoms with Crippen molar-refractivity contribution in [3.8, 4) is 5.75 Å². The standard InChI is InChI=1S/C20H22N4O4S2/c1-13-8-10-16(11-9-13)18(25)21-19-22-23-20(29-19)30(26,27)24-15(3)12-28-17-7-5-4-6-14(17)2/h4-11,15,24H,12H2,1-3H3,(H,21,22,25). The zero-order valence-corrected chi connectivity index (χ0v) is 18.4. The van der Waals surface area contributed by atoms with E-state index < -0.39 is 16.1 Å². The number of hydrogen-bond acceptors (Lipinski definition) is 7. The lowest BCUT2D eigenvalue weighted by atomic mass is 10.1. The van der Waals surface area contributed by atoms with Crippen LogP contribution in [0.15, 0.2) is 52.9 Å². The van der Waals surface area contributed by atoms with E-state index in [4.69, 9.17) is 4.74 Å². The minimum absolute atomic E-state index is 0.102. The van der Waals surface area contributed by atoms with Gasteiger partial charge in [-0.15, -0.1) is 10.2 Å². The van der Waals surface area contributed by atoms with Crippen LogP contribution in [0.3, 0.4) is 0 Å². The summed E-state index contributed by atoms with van der Waals surface area (Å²) in [6, 6.07) is 14.0. The van der Waals surface area contributed by atoms with Crippen molar-refractivity contribution >= 4 is 32.4 Å². The predicted octanol–water partition coefficient (Wildman–Crippen LogP) is 3.15. The van der Waals surface area contributed by atoms with Gasteiger partial charge in [-0.2, -0.15) is 0 Å². The number of anilines is 1. The van der Waals surface area contributed by atoms with Gasteiger partial charge in [0.1, 0.15) is 12.4 Å². The van der Waals surface area contributed by atoms with Gasteiger partial charge in [0, 0.05) is 5.56 Å². The lowest BCUT2D eigenvalue weighted by Crippen LogP contribution is -2.36. The number of rotatable bonds is 8. The number of carbonyl (C=O) groups is 1. The molecule has 0 bridgehead atoms. The van der Waals surface area contributed by atoms with E-state index in [1.54, 1.807) is 19.1 Å². The van der Waals surface area contributed by atoms with E-state index in [0.717, 1.165) is 22.5 Å². The van der Waals surface area contributed by atoms with Crippen molar-refractivity contribution in [2.45, 2.75) is 31.2 Å². The van der Waals surface area contributed by atoms with Gasteiger partial charge in [0.2, 0.25) is 9.47 Å². The number of aryl methyl sites for hydroxylation is 2. The first-order valence-corrected chi connectivity index (χ1v) is 11.5. The Morgan fingerprint density at radius 3 is 2.50 bits per heavy atom. The Hall–Kier alpha value is -2.82. The third-order valence-electron chi connectivity index (χ3n) is 4.11. The van der Waals surface area contributed by atoms with E-state index in [-0.39, 0.29) is 22.0 Å². The first-order valence-electron chi connectivity index (χ1n) is 9.17. The molecule has 1 atom stereocenters. The average Bonchev–Trinajstić information content (AvgIpc) is 3.17. The smallest absolute Gasteiger partial charge is 0.270 e. The normalized spacial score (nSPS) is 12.4. The molecule has 10 heteroatoms. The summed E-state index contributed by atoms with van der Waals surface area (Å²) in [6.45, 7) is 5.68. The van der Waals surface area contributed by atoms with Crippen LogP contribution in [0.2, 0.25) is 0 Å². The second kappa shape index (κ2) is 9.33. The van der Waals surface area contributed by atoms with Crippen LogP contribution < -0.4 is 14.8 Å². The molecule has 0 aliphatic carbocycles. The fraction of sp³-hybridized carbons (Fsp3) is 0.250. The Morgan fingerprint density at radius 2 is 1.80 bits per heavy atom. The summed E-state index contributed by atoms with van der Waals surface area (Å²) in [5, 5.41) is 10.1. The monoisotopic (exact) mass is 446 g/mol. The van der Waals surface area contributed by atoms with Gasteiger partial charge in [0.15, 0.2) is 0 Å². The van der Waals surface area contributed by atoms with Crippen LogP contribution in [0, 0.1) is 13.8 Å². The van der Waals surface area contributed by atoms with Gasteiger partial charge in [-0.05, 0) is 44.5 Å². The number of para-hydroxylation sites is 1. The van der Waals surface area contributed by atoms with Crippen LogP contribution >= 0.6 is 11.3 Å². The SMILES string of the molecule is Cc1ccc(C(=O)Nc2nnc(S(=O)(=O)NC(C)COc3ccccc3C)s2)cc1. The molecule has 0 radical (unpaired) electrons. The number of nitrogens with zero attached hydrogens (tertiary/aromatic N) is 2. The zero-order valence-electron chi connectivity index (χ0n) is 16.7. The van der Waals surface area contributed by atoms with Crippen LogP contribution in [0.4, 0.5) is 5.13 Å². The molecule has 0 saturated carbocycles. The highest BCUT2D eigenvalue weighted by Gasteiger charge is 2.23. The largest absolute Gasteiger partial charge is 0.492 e. The second-order valence-electron chi connectivity index (χ2n) is 6.79. The Kier molecular flexibility index (Phi) is 6.80. The first-order chi connectivity index (χ1) is 14.2. The fourth-order valence-electron chi connectivity index (χ4n) is 2.53. The molecule has 1 amide bonds. The number of amides is 1. The summed E-state index contributed by atoms with van der Waals surface area (Å²) in [5.41, 5.74) is 2.44. The fourth-order valence-corrected chi connectivity index (χ4v) is 4.66. The van der Waals surface area contributed by atoms with E-state index in [1.165, 1.54) is 0 Å². The van der Waals surface area contributed by atoms with Crippen LogP contribution in [0.1, 0.15) is 28.4 Å². The summed E-state index contributed by atoms with van der Waals surface area (Å²) in [6.07, 6.45) is 0. The molecule has 0 aliphatic heterocycles. The molecular formula is C20H22N4O4S2. The quantitative estimate of drug-likeness (QED) is 0.514. The van der Waals surface area contributed by atoms with E-state index in [1.807, 2.05) is 50.2 Å². The highest BCUT2D eigenvalue weighted by molar-refractivity contribution is 7.91. The minimum Gasteiger partial charge on any atom is -0.492 e. The van der Waals surface area contributed by atoms with Crippen molar-refractivity contribution in [2.75, 3.05) is 11.9 Å². The maximum atomic E-state index is 12.6. The number of hydrogen-bond donors (Lipinski definition) is 2. The van der Waals surface area contributed by atoms with Gasteiger partial charge in [0.25, 0.3) is 15.9 Å². The number of nitrogens with one attached hydrogen (secondary N) is 2. The highest BCUT2D eigenvalue weighted by Crippen LogP contribution is 2.21. The van der Waals surface area contributed by atoms with Crippen LogP contribution in [0.5, 0.6) is 5.75 Å². The van der Waals surface area contributed by atoms with Crippen LogP contribution in [0.25, 0.3) is 0 Å². The molecule has 0 fully saturated rings. The van der Waals surface area contributed by atoms with Gasteiger partial charge in [0.05, 0.1) is 6.04 Å². The summed E-state index contributed by atoms with van der Waals surface area (Å²) in [5.74, 6) is 0.309. The Balaban J connectivity index is 1.59. The van der Waals surface area contributed by atoms with Crippen molar-refractivity contribution in [1.29, 1.82) is 0 Å². The van der Waals surface area contributed by atoms with Gasteiger partial charge >= 0.3 is 0 Å². The van der Waals surface area contributed by atoms with E-state index in [9.17, 15) is 13.2 Å². The van der Waals surface area contributed by atoms with Crippen LogP contribution in [-0.4, -0.2) is 37.2 Å². The van der Waals surface area contributed by atoms with E-state index in [0.29, 0.717) is 11.3 Å². The maximum Gasteiger partial charge on any atom is 0.270 e. The van der Waals surface area contributed by atoms with Crippen molar-refractivity contribution < 1.29 is 17.9 Å². The van der Waals surface area contributed by atoms with Gasteiger partial charge < -0.3 is 4.74 Å². The van der Waals surface area contributed by atoms with E-state index in [2.05, 4.69) is 20.2 Å². The number of carbonyl (C=O) groups excluding carboxylic acids is 1. The second-order valence-corrected chi connectivity index (χ2v) is 9.66. The molecule has 1 heterocycles. The lowest BCUT2D eigenvalue weighted by Gasteiger charge is -2.15. The third-order valence-corrected chi connectivity index (χ3v) is 6.91. The molecular weight excluding hydrogens is 424 g/mol. The van der Waals surface area contributed by atoms with E-state index >= 15 is 0 Å². The Bertz CT molecular complexity index is 1130. The molecule has 2 aromatic carbocycles. The number of ether oxygens (including phenoxy) is 1. The number of aromatic nitrogens is 2. The maximum absolute atomic E-state index is 12.6. The molecule has 8 nitrogen and oxygen atoms in total. The Morgan fingerprint density at radius 1 is 1.10 bits per heavy atom. The van der Waals surface area contributed by atoms with Gasteiger partial charge in [-0.3, -0.25) is 10.1 Å². The topological polar surface area (TPSA) is 110 Å². The van der Waals surface area contributed by atoms with Gasteiger partial charge in [-0.25, -0.2) is 13.1 Å². The predicted molar refractivity (Wildman–Crippen MR) is 115 cm³/mol. The molecule has 3 aromatic rings. The van der Waals surface area contributed by atoms with Crippen molar-refractivity contribution in [3.63, 3.8) is 0 Å². The summed E-state index contributed by atoms with van der Waals surface area (Å²) >= 11 is 0.779. The summed E-state index contributed by atoms with van der Waals surface area (Å²) in [4.78, 5) is 12.3. The molecule has 0 spiro atoms. The molecule has 158 valence electrons. The lowest BCUT2D eigenvalue weighted by molar-refractivity contribution is 0.102. The van der Waals surface area contributed by atoms with Crippen molar-refractivity contribution in [3.05, 3.63) is 65.2 Å². The molecule has 1 unspecified atom stereocenters. The summed E-state index contributed by atoms with van der Waals surface area (Å²) < 4.78 is 33.1. The first kappa shape index (κ1) is 21.9. The molecule has 30 heavy (non-hydrogen) atoms.